The summed E-state index contributed by atoms with van der Waals surface area (Å²) in [6.45, 7) is 7.23. The van der Waals surface area contributed by atoms with Crippen LogP contribution in [0.15, 0.2) is 67.0 Å². The Morgan fingerprint density at radius 2 is 1.57 bits per heavy atom. The van der Waals surface area contributed by atoms with Crippen molar-refractivity contribution < 1.29 is 4.57 Å². The molecule has 2 heterocycles. The number of nitrogens with zero attached hydrogens (tertiary/aromatic N) is 2. The zero-order valence-electron chi connectivity index (χ0n) is 23.1. The van der Waals surface area contributed by atoms with Crippen LogP contribution in [0.2, 0.25) is 13.1 Å². The van der Waals surface area contributed by atoms with Crippen molar-refractivity contribution in [2.45, 2.75) is 83.2 Å². The lowest BCUT2D eigenvalue weighted by molar-refractivity contribution is -0.659. The molecule has 37 heavy (non-hydrogen) atoms. The molecular formula is C34H41N2Si+. The van der Waals surface area contributed by atoms with E-state index in [1.165, 1.54) is 89.5 Å². The Labute approximate surface area is 223 Å². The fraction of sp³-hybridized carbons (Fsp3) is 0.412. The van der Waals surface area contributed by atoms with Crippen molar-refractivity contribution in [3.05, 3.63) is 83.7 Å². The van der Waals surface area contributed by atoms with Gasteiger partial charge in [0.15, 0.2) is 6.20 Å². The highest BCUT2D eigenvalue weighted by Gasteiger charge is 2.30. The third-order valence-electron chi connectivity index (χ3n) is 9.51. The van der Waals surface area contributed by atoms with E-state index in [2.05, 4.69) is 86.4 Å². The standard InChI is InChI=1S/C34H41N2Si/c1-24-31(26-13-7-8-14-26)22-28(25-11-5-6-12-25)23-32(24)34-30-17-16-29(21-27(30)18-20-36(34)2)37(3,4)33-15-9-10-19-35-33/h9-10,15-23,25-26H,5-8,11-14H2,1-4H3/q+1. The smallest absolute Gasteiger partial charge is 0.220 e. The topological polar surface area (TPSA) is 16.8 Å². The van der Waals surface area contributed by atoms with Crippen molar-refractivity contribution in [1.29, 1.82) is 0 Å². The maximum Gasteiger partial charge on any atom is 0.220 e. The molecule has 2 fully saturated rings. The summed E-state index contributed by atoms with van der Waals surface area (Å²) in [6.07, 6.45) is 15.1. The van der Waals surface area contributed by atoms with Crippen LogP contribution in [0.5, 0.6) is 0 Å². The first-order valence-electron chi connectivity index (χ1n) is 14.4. The average Bonchev–Trinajstić information content (AvgIpc) is 3.65. The minimum absolute atomic E-state index is 0.733. The first kappa shape index (κ1) is 24.5. The van der Waals surface area contributed by atoms with Crippen molar-refractivity contribution in [2.75, 3.05) is 0 Å². The van der Waals surface area contributed by atoms with Crippen molar-refractivity contribution in [3.63, 3.8) is 0 Å². The molecule has 0 unspecified atom stereocenters. The van der Waals surface area contributed by atoms with Crippen LogP contribution < -0.4 is 15.1 Å². The van der Waals surface area contributed by atoms with Gasteiger partial charge in [-0.3, -0.25) is 4.98 Å². The van der Waals surface area contributed by atoms with Gasteiger partial charge in [-0.25, -0.2) is 4.57 Å². The molecule has 0 atom stereocenters. The molecule has 0 spiro atoms. The number of fused-ring (bicyclic) bond motifs is 1. The number of hydrogen-bond acceptors (Lipinski definition) is 1. The lowest BCUT2D eigenvalue weighted by Gasteiger charge is -2.23. The van der Waals surface area contributed by atoms with Crippen LogP contribution in [-0.2, 0) is 7.05 Å². The van der Waals surface area contributed by atoms with Crippen LogP contribution in [0.3, 0.4) is 0 Å². The third kappa shape index (κ3) is 4.46. The molecule has 2 aromatic carbocycles. The molecule has 3 heteroatoms. The van der Waals surface area contributed by atoms with E-state index in [0.29, 0.717) is 0 Å². The highest BCUT2D eigenvalue weighted by molar-refractivity contribution is 7.00. The zero-order valence-corrected chi connectivity index (χ0v) is 24.1. The zero-order chi connectivity index (χ0) is 25.6. The maximum absolute atomic E-state index is 4.75. The fourth-order valence-corrected chi connectivity index (χ4v) is 9.36. The SMILES string of the molecule is Cc1c(-c2c3ccc([Si](C)(C)c4ccccn4)cc3cc[n+]2C)cc(C2CCCC2)cc1C1CCCC1. The molecule has 2 saturated carbocycles. The summed E-state index contributed by atoms with van der Waals surface area (Å²) < 4.78 is 2.36. The monoisotopic (exact) mass is 505 g/mol. The quantitative estimate of drug-likeness (QED) is 0.207. The van der Waals surface area contributed by atoms with E-state index in [1.807, 2.05) is 12.3 Å². The predicted molar refractivity (Wildman–Crippen MR) is 159 cm³/mol. The number of pyridine rings is 2. The number of rotatable bonds is 5. The second-order valence-corrected chi connectivity index (χ2v) is 16.5. The van der Waals surface area contributed by atoms with Crippen LogP contribution >= 0.6 is 0 Å². The molecular weight excluding hydrogens is 464 g/mol. The van der Waals surface area contributed by atoms with E-state index in [0.717, 1.165) is 11.8 Å². The number of aryl methyl sites for hydroxylation is 1. The van der Waals surface area contributed by atoms with Gasteiger partial charge in [-0.15, -0.1) is 0 Å². The second kappa shape index (κ2) is 9.83. The number of hydrogen-bond donors (Lipinski definition) is 0. The minimum atomic E-state index is -1.87. The van der Waals surface area contributed by atoms with Crippen LogP contribution in [0.4, 0.5) is 0 Å². The number of aromatic nitrogens is 2. The molecule has 2 nitrogen and oxygen atoms in total. The lowest BCUT2D eigenvalue weighted by Crippen LogP contribution is -2.54. The van der Waals surface area contributed by atoms with E-state index in [1.54, 1.807) is 11.1 Å². The Kier molecular flexibility index (Phi) is 6.52. The van der Waals surface area contributed by atoms with Gasteiger partial charge in [0.05, 0.1) is 10.9 Å². The minimum Gasteiger partial charge on any atom is -0.266 e. The first-order chi connectivity index (χ1) is 17.9. The molecule has 2 aliphatic rings. The maximum atomic E-state index is 4.75. The Morgan fingerprint density at radius 3 is 2.27 bits per heavy atom. The summed E-state index contributed by atoms with van der Waals surface area (Å²) in [5, 5.41) is 5.40. The van der Waals surface area contributed by atoms with Gasteiger partial charge in [-0.2, -0.15) is 0 Å². The van der Waals surface area contributed by atoms with Crippen LogP contribution in [0.25, 0.3) is 22.0 Å². The van der Waals surface area contributed by atoms with Gasteiger partial charge in [0.2, 0.25) is 5.69 Å². The van der Waals surface area contributed by atoms with E-state index in [-0.39, 0.29) is 0 Å². The van der Waals surface area contributed by atoms with E-state index >= 15 is 0 Å². The van der Waals surface area contributed by atoms with E-state index in [4.69, 9.17) is 4.98 Å². The molecule has 0 saturated heterocycles. The van der Waals surface area contributed by atoms with Gasteiger partial charge in [-0.05, 0) is 90.8 Å². The molecule has 0 N–H and O–H groups in total. The summed E-state index contributed by atoms with van der Waals surface area (Å²) in [6, 6.07) is 21.1. The first-order valence-corrected chi connectivity index (χ1v) is 17.4. The molecule has 4 aromatic rings. The average molecular weight is 506 g/mol. The van der Waals surface area contributed by atoms with Gasteiger partial charge in [-0.1, -0.05) is 68.2 Å². The fourth-order valence-electron chi connectivity index (χ4n) is 7.14. The molecule has 0 radical (unpaired) electrons. The largest absolute Gasteiger partial charge is 0.266 e. The normalized spacial score (nSPS) is 17.2. The second-order valence-electron chi connectivity index (χ2n) is 12.2. The summed E-state index contributed by atoms with van der Waals surface area (Å²) in [5.41, 5.74) is 7.56. The molecule has 0 bridgehead atoms. The van der Waals surface area contributed by atoms with Crippen molar-refractivity contribution in [2.24, 2.45) is 7.05 Å². The summed E-state index contributed by atoms with van der Waals surface area (Å²) in [4.78, 5) is 4.75. The van der Waals surface area contributed by atoms with Crippen molar-refractivity contribution in [1.82, 2.24) is 4.98 Å². The highest BCUT2D eigenvalue weighted by atomic mass is 28.3. The molecule has 0 aliphatic heterocycles. The number of benzene rings is 2. The molecule has 190 valence electrons. The van der Waals surface area contributed by atoms with Crippen LogP contribution in [-0.4, -0.2) is 13.1 Å². The van der Waals surface area contributed by atoms with Crippen molar-refractivity contribution in [3.8, 4) is 11.3 Å². The van der Waals surface area contributed by atoms with Crippen LogP contribution in [0, 0.1) is 6.92 Å². The predicted octanol–water partition coefficient (Wildman–Crippen LogP) is 7.17. The summed E-state index contributed by atoms with van der Waals surface area (Å²) >= 11 is 0. The Morgan fingerprint density at radius 1 is 0.838 bits per heavy atom. The highest BCUT2D eigenvalue weighted by Crippen LogP contribution is 2.43. The Bertz CT molecular complexity index is 1430. The van der Waals surface area contributed by atoms with Gasteiger partial charge in [0, 0.05) is 17.6 Å². The molecule has 2 aliphatic carbocycles. The molecule has 0 amide bonds. The third-order valence-corrected chi connectivity index (χ3v) is 12.8. The van der Waals surface area contributed by atoms with Crippen LogP contribution in [0.1, 0.15) is 79.9 Å². The van der Waals surface area contributed by atoms with Gasteiger partial charge >= 0.3 is 0 Å². The lowest BCUT2D eigenvalue weighted by atomic mass is 9.84. The van der Waals surface area contributed by atoms with Gasteiger partial charge in [0.1, 0.15) is 15.1 Å². The van der Waals surface area contributed by atoms with Crippen molar-refractivity contribution >= 4 is 29.4 Å². The Hall–Kier alpha value is -2.78. The molecule has 2 aromatic heterocycles. The summed E-state index contributed by atoms with van der Waals surface area (Å²) in [5.74, 6) is 1.47. The Balaban J connectivity index is 1.52. The van der Waals surface area contributed by atoms with Gasteiger partial charge < -0.3 is 0 Å². The van der Waals surface area contributed by atoms with E-state index < -0.39 is 8.07 Å². The summed E-state index contributed by atoms with van der Waals surface area (Å²) in [7, 11) is 0.363. The molecule has 6 rings (SSSR count). The van der Waals surface area contributed by atoms with Gasteiger partial charge in [0.25, 0.3) is 0 Å². The van der Waals surface area contributed by atoms with E-state index in [9.17, 15) is 0 Å².